The first-order valence-electron chi connectivity index (χ1n) is 5.29. The molecule has 7 heteroatoms. The largest absolute Gasteiger partial charge is 0.285 e. The van der Waals surface area contributed by atoms with E-state index in [0.717, 1.165) is 16.8 Å². The molecule has 0 radical (unpaired) electrons. The third kappa shape index (κ3) is 2.99. The van der Waals surface area contributed by atoms with Gasteiger partial charge in [0.2, 0.25) is 5.91 Å². The molecule has 4 nitrogen and oxygen atoms in total. The van der Waals surface area contributed by atoms with E-state index in [1.165, 1.54) is 19.1 Å². The van der Waals surface area contributed by atoms with Gasteiger partial charge in [0.05, 0.1) is 4.91 Å². The second-order valence-corrected chi connectivity index (χ2v) is 5.38. The summed E-state index contributed by atoms with van der Waals surface area (Å²) in [5.41, 5.74) is 2.62. The van der Waals surface area contributed by atoms with Crippen LogP contribution >= 0.6 is 24.0 Å². The van der Waals surface area contributed by atoms with Crippen LogP contribution in [-0.4, -0.2) is 21.1 Å². The minimum Gasteiger partial charge on any atom is -0.274 e. The number of nitrogens with one attached hydrogen (secondary N) is 1. The number of thioether (sulfide) groups is 1. The normalized spacial score (nSPS) is 17.2. The molecule has 0 atom stereocenters. The van der Waals surface area contributed by atoms with Crippen LogP contribution in [0.1, 0.15) is 12.5 Å². The predicted octanol–water partition coefficient (Wildman–Crippen LogP) is 2.08. The van der Waals surface area contributed by atoms with Crippen LogP contribution in [0.4, 0.5) is 4.39 Å². The second kappa shape index (κ2) is 5.50. The van der Waals surface area contributed by atoms with Gasteiger partial charge in [0.1, 0.15) is 5.82 Å². The van der Waals surface area contributed by atoms with E-state index in [1.54, 1.807) is 18.2 Å². The molecule has 1 aliphatic heterocycles. The molecule has 0 aliphatic carbocycles. The molecule has 0 bridgehead atoms. The molecule has 1 aromatic rings. The Morgan fingerprint density at radius 3 is 2.79 bits per heavy atom. The smallest absolute Gasteiger partial charge is 0.274 e. The number of amides is 2. The molecule has 1 aliphatic rings. The van der Waals surface area contributed by atoms with Gasteiger partial charge in [0.15, 0.2) is 4.32 Å². The van der Waals surface area contributed by atoms with Crippen LogP contribution in [0, 0.1) is 5.82 Å². The molecule has 0 aromatic heterocycles. The Morgan fingerprint density at radius 2 is 2.16 bits per heavy atom. The number of carbonyl (C=O) groups excluding carboxylic acids is 2. The fourth-order valence-electron chi connectivity index (χ4n) is 1.45. The van der Waals surface area contributed by atoms with Crippen molar-refractivity contribution in [2.45, 2.75) is 6.92 Å². The predicted molar refractivity (Wildman–Crippen MR) is 75.2 cm³/mol. The van der Waals surface area contributed by atoms with Crippen molar-refractivity contribution < 1.29 is 14.0 Å². The van der Waals surface area contributed by atoms with E-state index < -0.39 is 17.6 Å². The van der Waals surface area contributed by atoms with Crippen molar-refractivity contribution in [3.05, 3.63) is 40.6 Å². The lowest BCUT2D eigenvalue weighted by Crippen LogP contribution is -2.43. The van der Waals surface area contributed by atoms with Gasteiger partial charge in [0.25, 0.3) is 5.91 Å². The zero-order chi connectivity index (χ0) is 14.0. The average Bonchev–Trinajstić information content (AvgIpc) is 2.60. The summed E-state index contributed by atoms with van der Waals surface area (Å²) in [5, 5.41) is 0.981. The SMILES string of the molecule is CC(=O)NN1C(=O)/C(=C/c2ccccc2F)SC1=S. The van der Waals surface area contributed by atoms with E-state index in [0.29, 0.717) is 5.56 Å². The molecule has 0 unspecified atom stereocenters. The van der Waals surface area contributed by atoms with Crippen LogP contribution in [0.25, 0.3) is 6.08 Å². The molecule has 98 valence electrons. The van der Waals surface area contributed by atoms with E-state index in [4.69, 9.17) is 12.2 Å². The molecule has 0 spiro atoms. The maximum absolute atomic E-state index is 13.5. The van der Waals surface area contributed by atoms with Crippen molar-refractivity contribution in [2.24, 2.45) is 0 Å². The van der Waals surface area contributed by atoms with E-state index in [9.17, 15) is 14.0 Å². The van der Waals surface area contributed by atoms with Crippen molar-refractivity contribution in [3.63, 3.8) is 0 Å². The van der Waals surface area contributed by atoms with Crippen LogP contribution in [0.15, 0.2) is 29.2 Å². The molecule has 19 heavy (non-hydrogen) atoms. The lowest BCUT2D eigenvalue weighted by Gasteiger charge is -2.13. The van der Waals surface area contributed by atoms with E-state index in [-0.39, 0.29) is 9.23 Å². The molecule has 0 saturated carbocycles. The van der Waals surface area contributed by atoms with Gasteiger partial charge in [0, 0.05) is 12.5 Å². The number of rotatable bonds is 2. The molecular weight excluding hydrogens is 287 g/mol. The van der Waals surface area contributed by atoms with Crippen molar-refractivity contribution in [2.75, 3.05) is 0 Å². The highest BCUT2D eigenvalue weighted by atomic mass is 32.2. The van der Waals surface area contributed by atoms with E-state index >= 15 is 0 Å². The van der Waals surface area contributed by atoms with Gasteiger partial charge < -0.3 is 0 Å². The Kier molecular flexibility index (Phi) is 3.96. The molecule has 1 fully saturated rings. The Bertz CT molecular complexity index is 601. The van der Waals surface area contributed by atoms with Gasteiger partial charge in [-0.3, -0.25) is 15.0 Å². The fraction of sp³-hybridized carbons (Fsp3) is 0.0833. The molecular formula is C12H9FN2O2S2. The number of hydrogen-bond acceptors (Lipinski definition) is 4. The Labute approximate surface area is 118 Å². The lowest BCUT2D eigenvalue weighted by molar-refractivity contribution is -0.131. The third-order valence-corrected chi connectivity index (χ3v) is 3.56. The topological polar surface area (TPSA) is 49.4 Å². The molecule has 1 heterocycles. The minimum absolute atomic E-state index is 0.211. The highest BCUT2D eigenvalue weighted by molar-refractivity contribution is 8.26. The number of hydrogen-bond donors (Lipinski definition) is 1. The van der Waals surface area contributed by atoms with Crippen molar-refractivity contribution >= 4 is 46.2 Å². The molecule has 1 aromatic carbocycles. The molecule has 2 amide bonds. The van der Waals surface area contributed by atoms with Gasteiger partial charge >= 0.3 is 0 Å². The molecule has 2 rings (SSSR count). The number of hydrazine groups is 1. The fourth-order valence-corrected chi connectivity index (χ4v) is 2.63. The van der Waals surface area contributed by atoms with Gasteiger partial charge in [-0.05, 0) is 24.4 Å². The zero-order valence-electron chi connectivity index (χ0n) is 9.84. The van der Waals surface area contributed by atoms with Crippen molar-refractivity contribution in [1.29, 1.82) is 0 Å². The van der Waals surface area contributed by atoms with E-state index in [1.807, 2.05) is 0 Å². The molecule has 1 saturated heterocycles. The quantitative estimate of drug-likeness (QED) is 0.670. The summed E-state index contributed by atoms with van der Waals surface area (Å²) < 4.78 is 13.7. The van der Waals surface area contributed by atoms with Crippen LogP contribution in [0.3, 0.4) is 0 Å². The number of carbonyl (C=O) groups is 2. The van der Waals surface area contributed by atoms with Crippen molar-refractivity contribution in [3.8, 4) is 0 Å². The van der Waals surface area contributed by atoms with Gasteiger partial charge in [-0.2, -0.15) is 5.01 Å². The standard InChI is InChI=1S/C12H9FN2O2S2/c1-7(16)14-15-11(17)10(19-12(15)18)6-8-4-2-3-5-9(8)13/h2-6H,1H3,(H,14,16)/b10-6-. The maximum atomic E-state index is 13.5. The number of thiocarbonyl (C=S) groups is 1. The number of nitrogens with zero attached hydrogens (tertiary/aromatic N) is 1. The summed E-state index contributed by atoms with van der Waals surface area (Å²) in [6, 6.07) is 6.10. The van der Waals surface area contributed by atoms with Crippen LogP contribution < -0.4 is 5.43 Å². The summed E-state index contributed by atoms with van der Waals surface area (Å²) in [6.45, 7) is 1.28. The lowest BCUT2D eigenvalue weighted by atomic mass is 10.2. The Morgan fingerprint density at radius 1 is 1.47 bits per heavy atom. The average molecular weight is 296 g/mol. The second-order valence-electron chi connectivity index (χ2n) is 3.71. The number of benzene rings is 1. The van der Waals surface area contributed by atoms with Crippen LogP contribution in [0.5, 0.6) is 0 Å². The van der Waals surface area contributed by atoms with Crippen molar-refractivity contribution in [1.82, 2.24) is 10.4 Å². The van der Waals surface area contributed by atoms with Gasteiger partial charge in [-0.15, -0.1) is 0 Å². The zero-order valence-corrected chi connectivity index (χ0v) is 11.5. The first kappa shape index (κ1) is 13.7. The summed E-state index contributed by atoms with van der Waals surface area (Å²) in [7, 11) is 0. The summed E-state index contributed by atoms with van der Waals surface area (Å²) in [4.78, 5) is 23.2. The first-order chi connectivity index (χ1) is 8.99. The summed E-state index contributed by atoms with van der Waals surface area (Å²) in [5.74, 6) is -1.29. The van der Waals surface area contributed by atoms with E-state index in [2.05, 4.69) is 5.43 Å². The summed E-state index contributed by atoms with van der Waals surface area (Å²) in [6.07, 6.45) is 1.41. The molecule has 1 N–H and O–H groups in total. The van der Waals surface area contributed by atoms with Crippen LogP contribution in [-0.2, 0) is 9.59 Å². The highest BCUT2D eigenvalue weighted by Gasteiger charge is 2.33. The first-order valence-corrected chi connectivity index (χ1v) is 6.51. The Balaban J connectivity index is 2.28. The summed E-state index contributed by atoms with van der Waals surface area (Å²) >= 11 is 6.00. The van der Waals surface area contributed by atoms with Gasteiger partial charge in [-0.25, -0.2) is 4.39 Å². The van der Waals surface area contributed by atoms with Crippen LogP contribution in [0.2, 0.25) is 0 Å². The maximum Gasteiger partial charge on any atom is 0.285 e. The number of halogens is 1. The monoisotopic (exact) mass is 296 g/mol. The third-order valence-electron chi connectivity index (χ3n) is 2.25. The highest BCUT2D eigenvalue weighted by Crippen LogP contribution is 2.31. The van der Waals surface area contributed by atoms with Gasteiger partial charge in [-0.1, -0.05) is 30.0 Å². The Hall–Kier alpha value is -1.73. The minimum atomic E-state index is -0.464.